The third-order valence-electron chi connectivity index (χ3n) is 5.22. The number of hydrogen-bond acceptors (Lipinski definition) is 6. The van der Waals surface area contributed by atoms with Gasteiger partial charge in [-0.1, -0.05) is 41.4 Å². The van der Waals surface area contributed by atoms with Gasteiger partial charge in [0, 0.05) is 28.6 Å². The van der Waals surface area contributed by atoms with E-state index in [0.29, 0.717) is 27.3 Å². The zero-order valence-corrected chi connectivity index (χ0v) is 16.5. The molecule has 0 heterocycles. The summed E-state index contributed by atoms with van der Waals surface area (Å²) in [5.41, 5.74) is 6.37. The van der Waals surface area contributed by atoms with E-state index in [2.05, 4.69) is 0 Å². The van der Waals surface area contributed by atoms with Gasteiger partial charge in [0.15, 0.2) is 5.41 Å². The van der Waals surface area contributed by atoms with Crippen molar-refractivity contribution in [3.05, 3.63) is 91.6 Å². The van der Waals surface area contributed by atoms with E-state index < -0.39 is 16.3 Å². The van der Waals surface area contributed by atoms with Gasteiger partial charge in [-0.3, -0.25) is 10.1 Å². The second-order valence-corrected chi connectivity index (χ2v) is 7.22. The molecule has 1 atom stereocenters. The van der Waals surface area contributed by atoms with Crippen LogP contribution >= 0.6 is 11.6 Å². The lowest BCUT2D eigenvalue weighted by Crippen LogP contribution is -2.37. The highest BCUT2D eigenvalue weighted by molar-refractivity contribution is 6.30. The molecule has 0 bridgehead atoms. The summed E-state index contributed by atoms with van der Waals surface area (Å²) in [5, 5.41) is 41.2. The predicted molar refractivity (Wildman–Crippen MR) is 110 cm³/mol. The van der Waals surface area contributed by atoms with Gasteiger partial charge in [-0.05, 0) is 30.2 Å². The SMILES string of the molecule is CC1=C(c2cccc(Cl)c2)C(C#N)=C(N)C(C#N)(C#N)C1c1ccc([N+](=O)[O-])cc1. The molecule has 2 aromatic carbocycles. The zero-order chi connectivity index (χ0) is 22.1. The van der Waals surface area contributed by atoms with Gasteiger partial charge in [0.1, 0.15) is 6.07 Å². The average Bonchev–Trinajstić information content (AvgIpc) is 2.74. The van der Waals surface area contributed by atoms with Crippen LogP contribution in [0.3, 0.4) is 0 Å². The lowest BCUT2D eigenvalue weighted by Gasteiger charge is -2.37. The molecule has 7 nitrogen and oxygen atoms in total. The van der Waals surface area contributed by atoms with Gasteiger partial charge < -0.3 is 5.73 Å². The molecule has 0 spiro atoms. The number of hydrogen-bond donors (Lipinski definition) is 1. The molecular formula is C22H14ClN5O2. The first kappa shape index (κ1) is 20.6. The third kappa shape index (κ3) is 3.06. The van der Waals surface area contributed by atoms with Gasteiger partial charge >= 0.3 is 0 Å². The maximum Gasteiger partial charge on any atom is 0.269 e. The highest BCUT2D eigenvalue weighted by Gasteiger charge is 2.50. The molecule has 0 fully saturated rings. The number of non-ortho nitro benzene ring substituents is 1. The second-order valence-electron chi connectivity index (χ2n) is 6.78. The van der Waals surface area contributed by atoms with Gasteiger partial charge in [-0.25, -0.2) is 0 Å². The Kier molecular flexibility index (Phi) is 5.30. The quantitative estimate of drug-likeness (QED) is 0.574. The summed E-state index contributed by atoms with van der Waals surface area (Å²) >= 11 is 6.13. The summed E-state index contributed by atoms with van der Waals surface area (Å²) in [6.07, 6.45) is 0. The molecule has 1 unspecified atom stereocenters. The average molecular weight is 416 g/mol. The molecular weight excluding hydrogens is 402 g/mol. The normalized spacial score (nSPS) is 17.6. The predicted octanol–water partition coefficient (Wildman–Crippen LogP) is 4.59. The molecule has 2 N–H and O–H groups in total. The molecule has 3 rings (SSSR count). The minimum atomic E-state index is -1.84. The molecule has 2 aromatic rings. The Balaban J connectivity index is 2.36. The first-order valence-corrected chi connectivity index (χ1v) is 9.12. The molecule has 146 valence electrons. The van der Waals surface area contributed by atoms with Crippen LogP contribution in [0.2, 0.25) is 5.02 Å². The summed E-state index contributed by atoms with van der Waals surface area (Å²) in [7, 11) is 0. The van der Waals surface area contributed by atoms with E-state index in [4.69, 9.17) is 17.3 Å². The van der Waals surface area contributed by atoms with Crippen molar-refractivity contribution in [3.63, 3.8) is 0 Å². The van der Waals surface area contributed by atoms with E-state index in [1.54, 1.807) is 31.2 Å². The number of rotatable bonds is 3. The van der Waals surface area contributed by atoms with Crippen LogP contribution in [0.5, 0.6) is 0 Å². The number of allylic oxidation sites excluding steroid dienone is 4. The third-order valence-corrected chi connectivity index (χ3v) is 5.45. The summed E-state index contributed by atoms with van der Waals surface area (Å²) in [5.74, 6) is -0.834. The van der Waals surface area contributed by atoms with Crippen LogP contribution in [0.1, 0.15) is 24.0 Å². The van der Waals surface area contributed by atoms with Crippen LogP contribution in [0, 0.1) is 49.5 Å². The van der Waals surface area contributed by atoms with Gasteiger partial charge in [0.25, 0.3) is 5.69 Å². The number of nitrogens with two attached hydrogens (primary N) is 1. The van der Waals surface area contributed by atoms with Crippen LogP contribution in [-0.2, 0) is 0 Å². The van der Waals surface area contributed by atoms with Crippen LogP contribution in [0.25, 0.3) is 5.57 Å². The first-order chi connectivity index (χ1) is 14.3. The summed E-state index contributed by atoms with van der Waals surface area (Å²) in [4.78, 5) is 10.5. The van der Waals surface area contributed by atoms with Crippen molar-refractivity contribution in [2.45, 2.75) is 12.8 Å². The van der Waals surface area contributed by atoms with E-state index >= 15 is 0 Å². The first-order valence-electron chi connectivity index (χ1n) is 8.75. The van der Waals surface area contributed by atoms with Crippen LogP contribution in [0.4, 0.5) is 5.69 Å². The van der Waals surface area contributed by atoms with Crippen molar-refractivity contribution in [1.29, 1.82) is 15.8 Å². The standard InChI is InChI=1S/C22H14ClN5O2/c1-13-19(15-3-2-4-16(23)9-15)18(10-24)21(27)22(11-25,12-26)20(13)14-5-7-17(8-6-14)28(29)30/h2-9,20H,27H2,1H3. The fraction of sp³-hybridized carbons (Fsp3) is 0.136. The maximum atomic E-state index is 11.0. The lowest BCUT2D eigenvalue weighted by atomic mass is 9.62. The number of halogens is 1. The zero-order valence-electron chi connectivity index (χ0n) is 15.8. The van der Waals surface area contributed by atoms with Crippen LogP contribution in [0.15, 0.2) is 65.4 Å². The number of nitrogens with zero attached hydrogens (tertiary/aromatic N) is 4. The highest BCUT2D eigenvalue weighted by Crippen LogP contribution is 2.53. The van der Waals surface area contributed by atoms with Gasteiger partial charge in [0.05, 0.1) is 28.3 Å². The van der Waals surface area contributed by atoms with Gasteiger partial charge in [-0.2, -0.15) is 15.8 Å². The van der Waals surface area contributed by atoms with Crippen molar-refractivity contribution in [2.24, 2.45) is 11.1 Å². The molecule has 30 heavy (non-hydrogen) atoms. The number of benzene rings is 2. The van der Waals surface area contributed by atoms with Crippen molar-refractivity contribution < 1.29 is 4.92 Å². The van der Waals surface area contributed by atoms with Crippen molar-refractivity contribution in [3.8, 4) is 18.2 Å². The molecule has 1 aliphatic rings. The number of nitro benzene ring substituents is 1. The van der Waals surface area contributed by atoms with Crippen molar-refractivity contribution in [1.82, 2.24) is 0 Å². The largest absolute Gasteiger partial charge is 0.399 e. The van der Waals surface area contributed by atoms with E-state index in [9.17, 15) is 25.9 Å². The highest BCUT2D eigenvalue weighted by atomic mass is 35.5. The fourth-order valence-corrected chi connectivity index (χ4v) is 4.04. The minimum absolute atomic E-state index is 0.0380. The van der Waals surface area contributed by atoms with Crippen LogP contribution in [-0.4, -0.2) is 4.92 Å². The van der Waals surface area contributed by atoms with Gasteiger partial charge in [0.2, 0.25) is 0 Å². The topological polar surface area (TPSA) is 141 Å². The second kappa shape index (κ2) is 7.72. The summed E-state index contributed by atoms with van der Waals surface area (Å²) in [6.45, 7) is 1.72. The number of nitriles is 3. The van der Waals surface area contributed by atoms with Crippen molar-refractivity contribution in [2.75, 3.05) is 0 Å². The smallest absolute Gasteiger partial charge is 0.269 e. The molecule has 0 amide bonds. The Morgan fingerprint density at radius 3 is 2.27 bits per heavy atom. The fourth-order valence-electron chi connectivity index (χ4n) is 3.85. The molecule has 1 aliphatic carbocycles. The Labute approximate surface area is 177 Å². The lowest BCUT2D eigenvalue weighted by molar-refractivity contribution is -0.384. The van der Waals surface area contributed by atoms with E-state index in [1.165, 1.54) is 24.3 Å². The van der Waals surface area contributed by atoms with Crippen LogP contribution < -0.4 is 5.73 Å². The Hall–Kier alpha value is -4.12. The van der Waals surface area contributed by atoms with E-state index in [-0.39, 0.29) is 17.0 Å². The molecule has 0 saturated heterocycles. The molecule has 8 heteroatoms. The molecule has 0 saturated carbocycles. The monoisotopic (exact) mass is 415 g/mol. The Bertz CT molecular complexity index is 1230. The molecule has 0 radical (unpaired) electrons. The Morgan fingerprint density at radius 1 is 1.13 bits per heavy atom. The minimum Gasteiger partial charge on any atom is -0.399 e. The summed E-state index contributed by atoms with van der Waals surface area (Å²) in [6, 6.07) is 18.5. The van der Waals surface area contributed by atoms with Crippen molar-refractivity contribution >= 4 is 22.9 Å². The maximum absolute atomic E-state index is 11.0. The Morgan fingerprint density at radius 2 is 1.77 bits per heavy atom. The van der Waals surface area contributed by atoms with E-state index in [1.807, 2.05) is 18.2 Å². The summed E-state index contributed by atoms with van der Waals surface area (Å²) < 4.78 is 0. The number of nitro groups is 1. The van der Waals surface area contributed by atoms with Gasteiger partial charge in [-0.15, -0.1) is 0 Å². The molecule has 0 aromatic heterocycles. The molecule has 0 aliphatic heterocycles. The van der Waals surface area contributed by atoms with E-state index in [0.717, 1.165) is 0 Å².